The van der Waals surface area contributed by atoms with Crippen molar-refractivity contribution in [1.82, 2.24) is 9.80 Å². The predicted molar refractivity (Wildman–Crippen MR) is 99.3 cm³/mol. The summed E-state index contributed by atoms with van der Waals surface area (Å²) in [7, 11) is 1.99. The summed E-state index contributed by atoms with van der Waals surface area (Å²) in [6.45, 7) is 2.84. The van der Waals surface area contributed by atoms with Gasteiger partial charge in [-0.25, -0.2) is 4.39 Å². The van der Waals surface area contributed by atoms with Crippen molar-refractivity contribution in [3.63, 3.8) is 0 Å². The van der Waals surface area contributed by atoms with Crippen LogP contribution in [0.3, 0.4) is 0 Å². The summed E-state index contributed by atoms with van der Waals surface area (Å²) in [5, 5.41) is 10.4. The molecular formula is C21H25FN2O. The van der Waals surface area contributed by atoms with Crippen LogP contribution in [-0.2, 0) is 13.1 Å². The standard InChI is InChI=1S/C21H25FN2O/c1-3-13-24(15-19-9-11-20(22)12-10-19)17-21(25)16-23(2)14-18-7-5-4-6-8-18/h1,4-12,21,25H,13-17H2,2H3. The minimum absolute atomic E-state index is 0.255. The molecule has 0 radical (unpaired) electrons. The van der Waals surface area contributed by atoms with Crippen LogP contribution in [0.15, 0.2) is 54.6 Å². The zero-order valence-electron chi connectivity index (χ0n) is 14.6. The number of aliphatic hydroxyl groups is 1. The Morgan fingerprint density at radius 1 is 1.00 bits per heavy atom. The molecule has 0 amide bonds. The second-order valence-corrected chi connectivity index (χ2v) is 6.34. The Hall–Kier alpha value is -2.19. The van der Waals surface area contributed by atoms with E-state index in [1.54, 1.807) is 12.1 Å². The highest BCUT2D eigenvalue weighted by Crippen LogP contribution is 2.08. The third kappa shape index (κ3) is 7.06. The van der Waals surface area contributed by atoms with Crippen molar-refractivity contribution in [3.05, 3.63) is 71.5 Å². The molecule has 2 aromatic rings. The topological polar surface area (TPSA) is 26.7 Å². The van der Waals surface area contributed by atoms with Crippen molar-refractivity contribution in [2.24, 2.45) is 0 Å². The Labute approximate surface area is 149 Å². The van der Waals surface area contributed by atoms with Crippen LogP contribution < -0.4 is 0 Å². The van der Waals surface area contributed by atoms with Gasteiger partial charge in [-0.05, 0) is 30.3 Å². The van der Waals surface area contributed by atoms with Crippen LogP contribution in [0.1, 0.15) is 11.1 Å². The fraction of sp³-hybridized carbons (Fsp3) is 0.333. The second-order valence-electron chi connectivity index (χ2n) is 6.34. The zero-order chi connectivity index (χ0) is 18.1. The van der Waals surface area contributed by atoms with E-state index < -0.39 is 6.10 Å². The molecule has 3 nitrogen and oxygen atoms in total. The predicted octanol–water partition coefficient (Wildman–Crippen LogP) is 2.75. The van der Waals surface area contributed by atoms with Crippen LogP contribution >= 0.6 is 0 Å². The lowest BCUT2D eigenvalue weighted by atomic mass is 10.2. The van der Waals surface area contributed by atoms with Crippen molar-refractivity contribution < 1.29 is 9.50 Å². The van der Waals surface area contributed by atoms with E-state index in [1.807, 2.05) is 30.1 Å². The number of likely N-dealkylation sites (N-methyl/N-ethyl adjacent to an activating group) is 1. The summed E-state index contributed by atoms with van der Waals surface area (Å²) in [6, 6.07) is 16.5. The van der Waals surface area contributed by atoms with Gasteiger partial charge in [-0.3, -0.25) is 9.80 Å². The average molecular weight is 340 g/mol. The van der Waals surface area contributed by atoms with Gasteiger partial charge in [0.25, 0.3) is 0 Å². The number of benzene rings is 2. The van der Waals surface area contributed by atoms with Crippen LogP contribution in [0.4, 0.5) is 4.39 Å². The lowest BCUT2D eigenvalue weighted by Gasteiger charge is -2.26. The van der Waals surface area contributed by atoms with Gasteiger partial charge in [-0.1, -0.05) is 48.4 Å². The van der Waals surface area contributed by atoms with E-state index in [0.29, 0.717) is 26.2 Å². The Kier molecular flexibility index (Phi) is 7.62. The van der Waals surface area contributed by atoms with Gasteiger partial charge < -0.3 is 5.11 Å². The molecule has 2 aromatic carbocycles. The second kappa shape index (κ2) is 9.95. The fourth-order valence-electron chi connectivity index (χ4n) is 2.84. The molecule has 1 unspecified atom stereocenters. The minimum atomic E-state index is -0.512. The Morgan fingerprint density at radius 3 is 2.28 bits per heavy atom. The van der Waals surface area contributed by atoms with Crippen LogP contribution in [-0.4, -0.2) is 47.7 Å². The summed E-state index contributed by atoms with van der Waals surface area (Å²) in [4.78, 5) is 4.08. The molecule has 1 N–H and O–H groups in total. The molecule has 0 aliphatic carbocycles. The van der Waals surface area contributed by atoms with Crippen LogP contribution in [0, 0.1) is 18.2 Å². The Bertz CT molecular complexity index is 667. The highest BCUT2D eigenvalue weighted by Gasteiger charge is 2.14. The van der Waals surface area contributed by atoms with Gasteiger partial charge in [0.05, 0.1) is 12.6 Å². The molecule has 0 aliphatic heterocycles. The van der Waals surface area contributed by atoms with E-state index in [1.165, 1.54) is 17.7 Å². The van der Waals surface area contributed by atoms with E-state index in [9.17, 15) is 9.50 Å². The summed E-state index contributed by atoms with van der Waals surface area (Å²) >= 11 is 0. The van der Waals surface area contributed by atoms with Gasteiger partial charge in [0.2, 0.25) is 0 Å². The largest absolute Gasteiger partial charge is 0.390 e. The van der Waals surface area contributed by atoms with E-state index in [-0.39, 0.29) is 5.82 Å². The van der Waals surface area contributed by atoms with Crippen LogP contribution in [0.25, 0.3) is 0 Å². The van der Waals surface area contributed by atoms with E-state index in [2.05, 4.69) is 23.0 Å². The number of hydrogen-bond acceptors (Lipinski definition) is 3. The smallest absolute Gasteiger partial charge is 0.123 e. The number of nitrogens with zero attached hydrogens (tertiary/aromatic N) is 2. The molecule has 0 bridgehead atoms. The number of rotatable bonds is 9. The maximum atomic E-state index is 13.0. The Morgan fingerprint density at radius 2 is 1.64 bits per heavy atom. The molecular weight excluding hydrogens is 315 g/mol. The molecule has 1 atom stereocenters. The lowest BCUT2D eigenvalue weighted by Crippen LogP contribution is -2.38. The van der Waals surface area contributed by atoms with Crippen molar-refractivity contribution in [2.75, 3.05) is 26.7 Å². The number of terminal acetylenes is 1. The number of halogens is 1. The average Bonchev–Trinajstić information content (AvgIpc) is 2.57. The SMILES string of the molecule is C#CCN(Cc1ccc(F)cc1)CC(O)CN(C)Cc1ccccc1. The van der Waals surface area contributed by atoms with Crippen molar-refractivity contribution in [2.45, 2.75) is 19.2 Å². The molecule has 0 fully saturated rings. The monoisotopic (exact) mass is 340 g/mol. The lowest BCUT2D eigenvalue weighted by molar-refractivity contribution is 0.0822. The summed E-state index contributed by atoms with van der Waals surface area (Å²) in [6.07, 6.45) is 4.93. The molecule has 0 saturated heterocycles. The maximum absolute atomic E-state index is 13.0. The molecule has 0 aromatic heterocycles. The van der Waals surface area contributed by atoms with E-state index in [0.717, 1.165) is 12.1 Å². The summed E-state index contributed by atoms with van der Waals surface area (Å²) in [5.41, 5.74) is 2.19. The van der Waals surface area contributed by atoms with Gasteiger partial charge >= 0.3 is 0 Å². The summed E-state index contributed by atoms with van der Waals surface area (Å²) < 4.78 is 13.0. The highest BCUT2D eigenvalue weighted by atomic mass is 19.1. The first kappa shape index (κ1) is 19.1. The van der Waals surface area contributed by atoms with Gasteiger partial charge in [-0.15, -0.1) is 6.42 Å². The first-order valence-electron chi connectivity index (χ1n) is 8.37. The molecule has 0 spiro atoms. The van der Waals surface area contributed by atoms with Crippen molar-refractivity contribution in [1.29, 1.82) is 0 Å². The molecule has 132 valence electrons. The normalized spacial score (nSPS) is 12.3. The van der Waals surface area contributed by atoms with Crippen molar-refractivity contribution in [3.8, 4) is 12.3 Å². The fourth-order valence-corrected chi connectivity index (χ4v) is 2.84. The van der Waals surface area contributed by atoms with E-state index in [4.69, 9.17) is 6.42 Å². The molecule has 0 aliphatic rings. The van der Waals surface area contributed by atoms with Crippen LogP contribution in [0.5, 0.6) is 0 Å². The minimum Gasteiger partial charge on any atom is -0.390 e. The van der Waals surface area contributed by atoms with Gasteiger partial charge in [0.15, 0.2) is 0 Å². The quantitative estimate of drug-likeness (QED) is 0.711. The number of hydrogen-bond donors (Lipinski definition) is 1. The molecule has 2 rings (SSSR count). The molecule has 4 heteroatoms. The molecule has 0 saturated carbocycles. The van der Waals surface area contributed by atoms with Crippen LogP contribution in [0.2, 0.25) is 0 Å². The van der Waals surface area contributed by atoms with Gasteiger partial charge in [0.1, 0.15) is 5.82 Å². The Balaban J connectivity index is 1.85. The van der Waals surface area contributed by atoms with Gasteiger partial charge in [0, 0.05) is 26.2 Å². The maximum Gasteiger partial charge on any atom is 0.123 e. The molecule has 25 heavy (non-hydrogen) atoms. The van der Waals surface area contributed by atoms with E-state index >= 15 is 0 Å². The zero-order valence-corrected chi connectivity index (χ0v) is 14.6. The van der Waals surface area contributed by atoms with Gasteiger partial charge in [-0.2, -0.15) is 0 Å². The van der Waals surface area contributed by atoms with Crippen molar-refractivity contribution >= 4 is 0 Å². The first-order valence-corrected chi connectivity index (χ1v) is 8.37. The summed E-state index contributed by atoms with van der Waals surface area (Å²) in [5.74, 6) is 2.37. The highest BCUT2D eigenvalue weighted by molar-refractivity contribution is 5.16. The molecule has 0 heterocycles. The third-order valence-electron chi connectivity index (χ3n) is 3.92. The first-order chi connectivity index (χ1) is 12.1. The number of aliphatic hydroxyl groups excluding tert-OH is 1. The third-order valence-corrected chi connectivity index (χ3v) is 3.92.